The van der Waals surface area contributed by atoms with E-state index in [9.17, 15) is 4.79 Å². The van der Waals surface area contributed by atoms with Crippen LogP contribution in [0.25, 0.3) is 0 Å². The molecule has 2 saturated heterocycles. The Balaban J connectivity index is 1.34. The molecule has 2 fully saturated rings. The van der Waals surface area contributed by atoms with Crippen molar-refractivity contribution in [3.8, 4) is 0 Å². The predicted molar refractivity (Wildman–Crippen MR) is 107 cm³/mol. The van der Waals surface area contributed by atoms with E-state index < -0.39 is 0 Å². The number of hydrogen-bond donors (Lipinski definition) is 0. The summed E-state index contributed by atoms with van der Waals surface area (Å²) in [6.45, 7) is 7.88. The van der Waals surface area contributed by atoms with Crippen LogP contribution >= 0.6 is 0 Å². The Morgan fingerprint density at radius 1 is 1.04 bits per heavy atom. The molecule has 2 aliphatic rings. The number of rotatable bonds is 4. The fraction of sp³-hybridized carbons (Fsp3) is 0.500. The van der Waals surface area contributed by atoms with Gasteiger partial charge in [0, 0.05) is 77.4 Å². The van der Waals surface area contributed by atoms with E-state index in [1.165, 1.54) is 11.9 Å². The number of likely N-dealkylation sites (N-methyl/N-ethyl adjacent to an activating group) is 1. The second-order valence-electron chi connectivity index (χ2n) is 7.48. The van der Waals surface area contributed by atoms with Gasteiger partial charge in [-0.1, -0.05) is 6.07 Å². The van der Waals surface area contributed by atoms with Gasteiger partial charge in [-0.25, -0.2) is 9.97 Å². The number of amides is 1. The van der Waals surface area contributed by atoms with E-state index in [0.29, 0.717) is 18.8 Å². The van der Waals surface area contributed by atoms with E-state index >= 15 is 0 Å². The third-order valence-corrected chi connectivity index (χ3v) is 5.49. The maximum atomic E-state index is 12.9. The van der Waals surface area contributed by atoms with E-state index in [4.69, 9.17) is 0 Å². The molecule has 148 valence electrons. The van der Waals surface area contributed by atoms with Crippen molar-refractivity contribution in [2.24, 2.45) is 0 Å². The summed E-state index contributed by atoms with van der Waals surface area (Å²) in [4.78, 5) is 34.5. The molecular weight excluding hydrogens is 354 g/mol. The van der Waals surface area contributed by atoms with Gasteiger partial charge in [0.1, 0.15) is 17.8 Å². The van der Waals surface area contributed by atoms with Gasteiger partial charge in [0.2, 0.25) is 0 Å². The molecule has 0 aliphatic carbocycles. The first-order chi connectivity index (χ1) is 13.7. The van der Waals surface area contributed by atoms with Crippen LogP contribution in [-0.4, -0.2) is 95.0 Å². The number of anilines is 1. The maximum absolute atomic E-state index is 12.9. The Bertz CT molecular complexity index is 784. The third-order valence-electron chi connectivity index (χ3n) is 5.49. The summed E-state index contributed by atoms with van der Waals surface area (Å²) in [5.74, 6) is 0.848. The van der Waals surface area contributed by atoms with Crippen molar-refractivity contribution < 1.29 is 4.79 Å². The van der Waals surface area contributed by atoms with Gasteiger partial charge in [0.05, 0.1) is 0 Å². The summed E-state index contributed by atoms with van der Waals surface area (Å²) < 4.78 is 0. The lowest BCUT2D eigenvalue weighted by atomic mass is 10.2. The van der Waals surface area contributed by atoms with E-state index in [2.05, 4.69) is 42.8 Å². The number of aromatic nitrogens is 3. The second kappa shape index (κ2) is 8.62. The van der Waals surface area contributed by atoms with Gasteiger partial charge in [0.15, 0.2) is 0 Å². The third kappa shape index (κ3) is 4.45. The van der Waals surface area contributed by atoms with Crippen LogP contribution in [0, 0.1) is 0 Å². The first-order valence-corrected chi connectivity index (χ1v) is 9.85. The van der Waals surface area contributed by atoms with Crippen molar-refractivity contribution in [1.82, 2.24) is 29.7 Å². The Morgan fingerprint density at radius 2 is 1.82 bits per heavy atom. The second-order valence-corrected chi connectivity index (χ2v) is 7.48. The Kier molecular flexibility index (Phi) is 5.78. The molecule has 0 saturated carbocycles. The molecule has 0 unspecified atom stereocenters. The van der Waals surface area contributed by atoms with Gasteiger partial charge in [-0.15, -0.1) is 0 Å². The van der Waals surface area contributed by atoms with Gasteiger partial charge >= 0.3 is 0 Å². The largest absolute Gasteiger partial charge is 0.354 e. The fourth-order valence-corrected chi connectivity index (χ4v) is 3.69. The minimum absolute atomic E-state index is 0.00111. The van der Waals surface area contributed by atoms with Gasteiger partial charge in [-0.05, 0) is 18.7 Å². The molecule has 4 heterocycles. The quantitative estimate of drug-likeness (QED) is 0.767. The highest BCUT2D eigenvalue weighted by Gasteiger charge is 2.24. The van der Waals surface area contributed by atoms with Crippen molar-refractivity contribution in [2.45, 2.75) is 6.54 Å². The molecule has 2 aliphatic heterocycles. The predicted octanol–water partition coefficient (Wildman–Crippen LogP) is 0.581. The molecular formula is C20H27N7O. The number of pyridine rings is 1. The highest BCUT2D eigenvalue weighted by Crippen LogP contribution is 2.16. The lowest BCUT2D eigenvalue weighted by Crippen LogP contribution is -2.48. The van der Waals surface area contributed by atoms with E-state index in [0.717, 1.165) is 51.6 Å². The average Bonchev–Trinajstić information content (AvgIpc) is 2.75. The Labute approximate surface area is 165 Å². The van der Waals surface area contributed by atoms with Gasteiger partial charge in [-0.3, -0.25) is 14.7 Å². The standard InChI is InChI=1S/C20H27N7O/c1-24-5-9-26(10-6-24)19-13-18(22-16-23-19)20(28)27-11-7-25(8-12-27)15-17-3-2-4-21-14-17/h2-4,13-14,16H,5-12,15H2,1H3. The first kappa shape index (κ1) is 18.8. The zero-order valence-corrected chi connectivity index (χ0v) is 16.4. The van der Waals surface area contributed by atoms with Crippen LogP contribution in [0.5, 0.6) is 0 Å². The van der Waals surface area contributed by atoms with Crippen LogP contribution in [0.1, 0.15) is 16.1 Å². The monoisotopic (exact) mass is 381 g/mol. The molecule has 0 bridgehead atoms. The topological polar surface area (TPSA) is 68.7 Å². The summed E-state index contributed by atoms with van der Waals surface area (Å²) in [5.41, 5.74) is 1.69. The molecule has 8 heteroatoms. The van der Waals surface area contributed by atoms with Crippen LogP contribution in [-0.2, 0) is 6.54 Å². The number of hydrogen-bond acceptors (Lipinski definition) is 7. The number of carbonyl (C=O) groups excluding carboxylic acids is 1. The molecule has 28 heavy (non-hydrogen) atoms. The fourth-order valence-electron chi connectivity index (χ4n) is 3.69. The number of carbonyl (C=O) groups is 1. The van der Waals surface area contributed by atoms with Crippen molar-refractivity contribution in [1.29, 1.82) is 0 Å². The van der Waals surface area contributed by atoms with Crippen LogP contribution < -0.4 is 4.90 Å². The van der Waals surface area contributed by atoms with Crippen molar-refractivity contribution in [2.75, 3.05) is 64.3 Å². The van der Waals surface area contributed by atoms with Crippen molar-refractivity contribution in [3.05, 3.63) is 48.2 Å². The molecule has 0 spiro atoms. The first-order valence-electron chi connectivity index (χ1n) is 9.85. The molecule has 2 aromatic heterocycles. The lowest BCUT2D eigenvalue weighted by molar-refractivity contribution is 0.0622. The zero-order chi connectivity index (χ0) is 19.3. The summed E-state index contributed by atoms with van der Waals surface area (Å²) in [6, 6.07) is 5.89. The minimum Gasteiger partial charge on any atom is -0.354 e. The number of piperazine rings is 2. The highest BCUT2D eigenvalue weighted by atomic mass is 16.2. The Morgan fingerprint density at radius 3 is 2.54 bits per heavy atom. The molecule has 2 aromatic rings. The maximum Gasteiger partial charge on any atom is 0.272 e. The normalized spacial score (nSPS) is 19.0. The van der Waals surface area contributed by atoms with Gasteiger partial charge in [-0.2, -0.15) is 0 Å². The molecule has 1 amide bonds. The smallest absolute Gasteiger partial charge is 0.272 e. The van der Waals surface area contributed by atoms with Crippen LogP contribution in [0.3, 0.4) is 0 Å². The van der Waals surface area contributed by atoms with Crippen LogP contribution in [0.15, 0.2) is 36.9 Å². The van der Waals surface area contributed by atoms with Crippen molar-refractivity contribution >= 4 is 11.7 Å². The van der Waals surface area contributed by atoms with E-state index in [1.807, 2.05) is 23.2 Å². The van der Waals surface area contributed by atoms with Gasteiger partial charge < -0.3 is 14.7 Å². The van der Waals surface area contributed by atoms with Crippen LogP contribution in [0.2, 0.25) is 0 Å². The summed E-state index contributed by atoms with van der Waals surface area (Å²) in [6.07, 6.45) is 5.20. The van der Waals surface area contributed by atoms with Crippen LogP contribution in [0.4, 0.5) is 5.82 Å². The molecule has 0 N–H and O–H groups in total. The Hall–Kier alpha value is -2.58. The highest BCUT2D eigenvalue weighted by molar-refractivity contribution is 5.93. The molecule has 0 aromatic carbocycles. The van der Waals surface area contributed by atoms with E-state index in [1.54, 1.807) is 6.20 Å². The SMILES string of the molecule is CN1CCN(c2cc(C(=O)N3CCN(Cc4cccnc4)CC3)ncn2)CC1. The lowest BCUT2D eigenvalue weighted by Gasteiger charge is -2.35. The minimum atomic E-state index is -0.00111. The molecule has 0 atom stereocenters. The summed E-state index contributed by atoms with van der Waals surface area (Å²) in [5, 5.41) is 0. The summed E-state index contributed by atoms with van der Waals surface area (Å²) in [7, 11) is 2.13. The molecule has 4 rings (SSSR count). The van der Waals surface area contributed by atoms with E-state index in [-0.39, 0.29) is 5.91 Å². The molecule has 8 nitrogen and oxygen atoms in total. The zero-order valence-electron chi connectivity index (χ0n) is 16.4. The summed E-state index contributed by atoms with van der Waals surface area (Å²) >= 11 is 0. The average molecular weight is 381 g/mol. The number of nitrogens with zero attached hydrogens (tertiary/aromatic N) is 7. The van der Waals surface area contributed by atoms with Gasteiger partial charge in [0.25, 0.3) is 5.91 Å². The molecule has 0 radical (unpaired) electrons. The van der Waals surface area contributed by atoms with Crippen molar-refractivity contribution in [3.63, 3.8) is 0 Å².